The molecule has 15 heavy (non-hydrogen) atoms. The summed E-state index contributed by atoms with van der Waals surface area (Å²) in [6, 6.07) is 0. The van der Waals surface area contributed by atoms with Crippen LogP contribution < -0.4 is 5.56 Å². The van der Waals surface area contributed by atoms with Gasteiger partial charge < -0.3 is 9.88 Å². The second-order valence-electron chi connectivity index (χ2n) is 4.10. The lowest BCUT2D eigenvalue weighted by Crippen LogP contribution is -2.22. The third kappa shape index (κ3) is 3.27. The summed E-state index contributed by atoms with van der Waals surface area (Å²) in [5, 5.41) is 0. The molecule has 84 valence electrons. The Morgan fingerprint density at radius 1 is 1.47 bits per heavy atom. The summed E-state index contributed by atoms with van der Waals surface area (Å²) in [6.07, 6.45) is 0. The Balaban J connectivity index is 3.18. The van der Waals surface area contributed by atoms with E-state index in [0.29, 0.717) is 10.1 Å². The van der Waals surface area contributed by atoms with Gasteiger partial charge in [-0.15, -0.1) is 0 Å². The molecule has 0 amide bonds. The molecule has 0 saturated heterocycles. The van der Waals surface area contributed by atoms with Crippen molar-refractivity contribution >= 4 is 22.6 Å². The molecule has 0 spiro atoms. The Kier molecular flexibility index (Phi) is 4.27. The number of aromatic amines is 1. The molecule has 4 nitrogen and oxygen atoms in total. The molecule has 1 N–H and O–H groups in total. The molecule has 0 radical (unpaired) electrons. The quantitative estimate of drug-likeness (QED) is 0.860. The highest BCUT2D eigenvalue weighted by Crippen LogP contribution is 2.15. The molecule has 0 aromatic carbocycles. The van der Waals surface area contributed by atoms with Crippen LogP contribution in [0.4, 0.5) is 0 Å². The highest BCUT2D eigenvalue weighted by Gasteiger charge is 2.12. The molecule has 0 unspecified atom stereocenters. The van der Waals surface area contributed by atoms with Crippen LogP contribution in [-0.2, 0) is 6.54 Å². The summed E-state index contributed by atoms with van der Waals surface area (Å²) in [4.78, 5) is 20.9. The maximum absolute atomic E-state index is 11.6. The van der Waals surface area contributed by atoms with Crippen LogP contribution in [-0.4, -0.2) is 29.0 Å². The van der Waals surface area contributed by atoms with E-state index in [1.165, 1.54) is 0 Å². The fourth-order valence-corrected chi connectivity index (χ4v) is 2.16. The molecule has 0 aliphatic carbocycles. The van der Waals surface area contributed by atoms with Gasteiger partial charge in [-0.3, -0.25) is 4.79 Å². The van der Waals surface area contributed by atoms with Crippen molar-refractivity contribution in [3.05, 3.63) is 25.4 Å². The van der Waals surface area contributed by atoms with Crippen molar-refractivity contribution in [1.82, 2.24) is 14.9 Å². The molecule has 1 heterocycles. The number of nitrogens with zero attached hydrogens (tertiary/aromatic N) is 2. The molecule has 1 rings (SSSR count). The largest absolute Gasteiger partial charge is 0.309 e. The van der Waals surface area contributed by atoms with E-state index >= 15 is 0 Å². The van der Waals surface area contributed by atoms with Crippen molar-refractivity contribution < 1.29 is 0 Å². The number of hydrogen-bond acceptors (Lipinski definition) is 3. The summed E-state index contributed by atoms with van der Waals surface area (Å²) in [5.74, 6) is 1.01. The summed E-state index contributed by atoms with van der Waals surface area (Å²) < 4.78 is 0.699. The lowest BCUT2D eigenvalue weighted by atomic mass is 10.1. The van der Waals surface area contributed by atoms with Crippen LogP contribution in [0.2, 0.25) is 0 Å². The van der Waals surface area contributed by atoms with E-state index in [2.05, 4.69) is 32.6 Å². The van der Waals surface area contributed by atoms with Crippen LogP contribution in [0.5, 0.6) is 0 Å². The topological polar surface area (TPSA) is 49.0 Å². The normalized spacial score (nSPS) is 11.4. The molecule has 0 bridgehead atoms. The average molecular weight is 321 g/mol. The smallest absolute Gasteiger partial charge is 0.264 e. The predicted molar refractivity (Wildman–Crippen MR) is 69.1 cm³/mol. The van der Waals surface area contributed by atoms with Gasteiger partial charge in [0.2, 0.25) is 0 Å². The highest BCUT2D eigenvalue weighted by molar-refractivity contribution is 14.1. The average Bonchev–Trinajstić information content (AvgIpc) is 2.09. The zero-order valence-electron chi connectivity index (χ0n) is 9.47. The Labute approximate surface area is 103 Å². The standard InChI is InChI=1S/C10H16IN3O/c1-6(2)9-8(11)10(15)13-7(12-9)5-14(3)4/h6H,5H2,1-4H3,(H,12,13,15). The Bertz CT molecular complexity index is 398. The molecular formula is C10H16IN3O. The fourth-order valence-electron chi connectivity index (χ4n) is 1.28. The third-order valence-electron chi connectivity index (χ3n) is 1.95. The Morgan fingerprint density at radius 3 is 2.53 bits per heavy atom. The minimum atomic E-state index is -0.0360. The monoisotopic (exact) mass is 321 g/mol. The molecule has 0 atom stereocenters. The van der Waals surface area contributed by atoms with E-state index < -0.39 is 0 Å². The van der Waals surface area contributed by atoms with E-state index in [1.54, 1.807) is 0 Å². The second kappa shape index (κ2) is 5.07. The van der Waals surface area contributed by atoms with Gasteiger partial charge in [-0.25, -0.2) is 4.98 Å². The first-order valence-electron chi connectivity index (χ1n) is 4.85. The number of halogens is 1. The van der Waals surface area contributed by atoms with Gasteiger partial charge in [-0.2, -0.15) is 0 Å². The van der Waals surface area contributed by atoms with Crippen molar-refractivity contribution in [3.63, 3.8) is 0 Å². The fraction of sp³-hybridized carbons (Fsp3) is 0.600. The van der Waals surface area contributed by atoms with Gasteiger partial charge in [0, 0.05) is 0 Å². The van der Waals surface area contributed by atoms with Gasteiger partial charge in [-0.1, -0.05) is 13.8 Å². The first-order valence-corrected chi connectivity index (χ1v) is 5.93. The molecule has 0 saturated carbocycles. The van der Waals surface area contributed by atoms with Crippen LogP contribution in [0, 0.1) is 3.57 Å². The lowest BCUT2D eigenvalue weighted by molar-refractivity contribution is 0.388. The van der Waals surface area contributed by atoms with Crippen molar-refractivity contribution in [2.75, 3.05) is 14.1 Å². The zero-order valence-corrected chi connectivity index (χ0v) is 11.6. The molecule has 1 aromatic heterocycles. The molecule has 0 aliphatic heterocycles. The van der Waals surface area contributed by atoms with Crippen molar-refractivity contribution in [3.8, 4) is 0 Å². The van der Waals surface area contributed by atoms with Crippen LogP contribution in [0.1, 0.15) is 31.3 Å². The molecular weight excluding hydrogens is 305 g/mol. The first kappa shape index (κ1) is 12.6. The maximum atomic E-state index is 11.6. The van der Waals surface area contributed by atoms with Crippen LogP contribution in [0.3, 0.4) is 0 Å². The number of H-pyrrole nitrogens is 1. The SMILES string of the molecule is CC(C)c1nc(CN(C)C)[nH]c(=O)c1I. The second-order valence-corrected chi connectivity index (χ2v) is 5.18. The number of hydrogen-bond donors (Lipinski definition) is 1. The van der Waals surface area contributed by atoms with Gasteiger partial charge in [0.15, 0.2) is 0 Å². The molecule has 5 heteroatoms. The summed E-state index contributed by atoms with van der Waals surface area (Å²) >= 11 is 2.05. The minimum Gasteiger partial charge on any atom is -0.309 e. The minimum absolute atomic E-state index is 0.0360. The van der Waals surface area contributed by atoms with Crippen molar-refractivity contribution in [2.24, 2.45) is 0 Å². The molecule has 1 aromatic rings. The zero-order chi connectivity index (χ0) is 11.6. The van der Waals surface area contributed by atoms with Crippen molar-refractivity contribution in [2.45, 2.75) is 26.3 Å². The maximum Gasteiger partial charge on any atom is 0.264 e. The van der Waals surface area contributed by atoms with Crippen molar-refractivity contribution in [1.29, 1.82) is 0 Å². The Morgan fingerprint density at radius 2 is 2.07 bits per heavy atom. The number of nitrogens with one attached hydrogen (secondary N) is 1. The number of aromatic nitrogens is 2. The van der Waals surface area contributed by atoms with E-state index in [4.69, 9.17) is 0 Å². The van der Waals surface area contributed by atoms with Gasteiger partial charge in [0.1, 0.15) is 5.82 Å². The lowest BCUT2D eigenvalue weighted by Gasteiger charge is -2.12. The van der Waals surface area contributed by atoms with Crippen LogP contribution in [0.25, 0.3) is 0 Å². The van der Waals surface area contributed by atoms with Crippen LogP contribution >= 0.6 is 22.6 Å². The molecule has 0 fully saturated rings. The van der Waals surface area contributed by atoms with E-state index in [1.807, 2.05) is 32.8 Å². The first-order chi connectivity index (χ1) is 6.91. The highest BCUT2D eigenvalue weighted by atomic mass is 127. The summed E-state index contributed by atoms with van der Waals surface area (Å²) in [5.41, 5.74) is 0.849. The van der Waals surface area contributed by atoms with Gasteiger partial charge in [-0.05, 0) is 42.6 Å². The van der Waals surface area contributed by atoms with Gasteiger partial charge in [0.05, 0.1) is 15.8 Å². The predicted octanol–water partition coefficient (Wildman–Crippen LogP) is 1.56. The summed E-state index contributed by atoms with van der Waals surface area (Å²) in [6.45, 7) is 4.75. The summed E-state index contributed by atoms with van der Waals surface area (Å²) in [7, 11) is 3.90. The Hall–Kier alpha value is -0.430. The van der Waals surface area contributed by atoms with Crippen LogP contribution in [0.15, 0.2) is 4.79 Å². The van der Waals surface area contributed by atoms with E-state index in [0.717, 1.165) is 11.5 Å². The molecule has 0 aliphatic rings. The third-order valence-corrected chi connectivity index (χ3v) is 2.99. The van der Waals surface area contributed by atoms with Gasteiger partial charge in [0.25, 0.3) is 5.56 Å². The van der Waals surface area contributed by atoms with E-state index in [9.17, 15) is 4.79 Å². The van der Waals surface area contributed by atoms with E-state index in [-0.39, 0.29) is 11.5 Å². The number of rotatable bonds is 3. The van der Waals surface area contributed by atoms with Gasteiger partial charge >= 0.3 is 0 Å².